The minimum Gasteiger partial charge on any atom is -0.361 e. The number of hydrogen-bond acceptors (Lipinski definition) is 6. The van der Waals surface area contributed by atoms with E-state index in [0.29, 0.717) is 48.8 Å². The Bertz CT molecular complexity index is 750. The van der Waals surface area contributed by atoms with Gasteiger partial charge in [0.1, 0.15) is 17.1 Å². The molecule has 118 valence electrons. The third-order valence-corrected chi connectivity index (χ3v) is 4.01. The predicted octanol–water partition coefficient (Wildman–Crippen LogP) is 1.52. The van der Waals surface area contributed by atoms with Gasteiger partial charge in [-0.25, -0.2) is 4.98 Å². The number of aryl methyl sites for hydroxylation is 2. The summed E-state index contributed by atoms with van der Waals surface area (Å²) in [5.41, 5.74) is 1.77. The van der Waals surface area contributed by atoms with Crippen molar-refractivity contribution in [2.24, 2.45) is 0 Å². The molecular formula is C16H17N5O2. The zero-order chi connectivity index (χ0) is 16.4. The lowest BCUT2D eigenvalue weighted by Gasteiger charge is -2.35. The number of amides is 1. The van der Waals surface area contributed by atoms with E-state index in [-0.39, 0.29) is 5.91 Å². The van der Waals surface area contributed by atoms with Gasteiger partial charge in [0.05, 0.1) is 17.3 Å². The van der Waals surface area contributed by atoms with Crippen LogP contribution in [0.5, 0.6) is 0 Å². The molecule has 1 aliphatic rings. The Kier molecular flexibility index (Phi) is 3.98. The van der Waals surface area contributed by atoms with Gasteiger partial charge in [0.2, 0.25) is 0 Å². The Labute approximate surface area is 134 Å². The van der Waals surface area contributed by atoms with E-state index in [9.17, 15) is 4.79 Å². The fraction of sp³-hybridized carbons (Fsp3) is 0.375. The van der Waals surface area contributed by atoms with Gasteiger partial charge in [0, 0.05) is 32.4 Å². The SMILES string of the molecule is Cc1noc(C)c1C(=O)N1CCN(c2cc(C#N)ccn2)CC1. The van der Waals surface area contributed by atoms with Crippen molar-refractivity contribution in [2.45, 2.75) is 13.8 Å². The molecule has 2 aromatic rings. The van der Waals surface area contributed by atoms with E-state index in [4.69, 9.17) is 9.78 Å². The summed E-state index contributed by atoms with van der Waals surface area (Å²) >= 11 is 0. The van der Waals surface area contributed by atoms with Crippen molar-refractivity contribution in [2.75, 3.05) is 31.1 Å². The molecule has 2 aromatic heterocycles. The van der Waals surface area contributed by atoms with E-state index in [1.807, 2.05) is 0 Å². The minimum atomic E-state index is -0.0420. The van der Waals surface area contributed by atoms with E-state index in [0.717, 1.165) is 5.82 Å². The minimum absolute atomic E-state index is 0.0420. The first-order valence-corrected chi connectivity index (χ1v) is 7.43. The zero-order valence-electron chi connectivity index (χ0n) is 13.1. The summed E-state index contributed by atoms with van der Waals surface area (Å²) in [5, 5.41) is 12.8. The van der Waals surface area contributed by atoms with Crippen LogP contribution in [-0.2, 0) is 0 Å². The van der Waals surface area contributed by atoms with Crippen LogP contribution >= 0.6 is 0 Å². The Morgan fingerprint density at radius 1 is 1.30 bits per heavy atom. The van der Waals surface area contributed by atoms with Gasteiger partial charge in [0.15, 0.2) is 0 Å². The maximum absolute atomic E-state index is 12.6. The zero-order valence-corrected chi connectivity index (χ0v) is 13.1. The van der Waals surface area contributed by atoms with Crippen LogP contribution in [0.2, 0.25) is 0 Å². The van der Waals surface area contributed by atoms with Crippen LogP contribution in [0.25, 0.3) is 0 Å². The van der Waals surface area contributed by atoms with E-state index in [1.54, 1.807) is 37.1 Å². The second-order valence-electron chi connectivity index (χ2n) is 5.49. The number of rotatable bonds is 2. The Morgan fingerprint density at radius 2 is 2.04 bits per heavy atom. The normalized spacial score (nSPS) is 14.7. The van der Waals surface area contributed by atoms with Crippen LogP contribution in [0.15, 0.2) is 22.9 Å². The number of nitrogens with zero attached hydrogens (tertiary/aromatic N) is 5. The Morgan fingerprint density at radius 3 is 2.65 bits per heavy atom. The number of carbonyl (C=O) groups excluding carboxylic acids is 1. The fourth-order valence-electron chi connectivity index (χ4n) is 2.75. The number of anilines is 1. The quantitative estimate of drug-likeness (QED) is 0.836. The highest BCUT2D eigenvalue weighted by Gasteiger charge is 2.27. The van der Waals surface area contributed by atoms with Crippen LogP contribution in [0.4, 0.5) is 5.82 Å². The molecule has 1 amide bonds. The van der Waals surface area contributed by atoms with Crippen molar-refractivity contribution < 1.29 is 9.32 Å². The number of hydrogen-bond donors (Lipinski definition) is 0. The van der Waals surface area contributed by atoms with Gasteiger partial charge >= 0.3 is 0 Å². The van der Waals surface area contributed by atoms with Crippen molar-refractivity contribution in [1.29, 1.82) is 5.26 Å². The molecule has 3 rings (SSSR count). The first kappa shape index (κ1) is 15.0. The van der Waals surface area contributed by atoms with Gasteiger partial charge in [-0.05, 0) is 26.0 Å². The molecule has 7 heteroatoms. The molecular weight excluding hydrogens is 294 g/mol. The summed E-state index contributed by atoms with van der Waals surface area (Å²) in [5.74, 6) is 1.28. The van der Waals surface area contributed by atoms with Crippen molar-refractivity contribution in [3.05, 3.63) is 40.9 Å². The third kappa shape index (κ3) is 2.88. The summed E-state index contributed by atoms with van der Waals surface area (Å²) in [6, 6.07) is 5.57. The molecule has 0 bridgehead atoms. The van der Waals surface area contributed by atoms with Crippen molar-refractivity contribution in [3.63, 3.8) is 0 Å². The average molecular weight is 311 g/mol. The molecule has 3 heterocycles. The maximum atomic E-state index is 12.6. The molecule has 0 atom stereocenters. The standard InChI is InChI=1S/C16H17N5O2/c1-11-15(12(2)23-19-11)16(22)21-7-5-20(6-8-21)14-9-13(10-17)3-4-18-14/h3-4,9H,5-8H2,1-2H3. The van der Waals surface area contributed by atoms with E-state index in [2.05, 4.69) is 21.1 Å². The number of pyridine rings is 1. The molecule has 0 unspecified atom stereocenters. The fourth-order valence-corrected chi connectivity index (χ4v) is 2.75. The van der Waals surface area contributed by atoms with Crippen molar-refractivity contribution in [3.8, 4) is 6.07 Å². The number of nitriles is 1. The first-order valence-electron chi connectivity index (χ1n) is 7.43. The number of piperazine rings is 1. The lowest BCUT2D eigenvalue weighted by atomic mass is 10.1. The first-order chi connectivity index (χ1) is 11.1. The molecule has 1 fully saturated rings. The van der Waals surface area contributed by atoms with Gasteiger partial charge in [0.25, 0.3) is 5.91 Å². The Hall–Kier alpha value is -2.88. The topological polar surface area (TPSA) is 86.3 Å². The lowest BCUT2D eigenvalue weighted by Crippen LogP contribution is -2.49. The highest BCUT2D eigenvalue weighted by Crippen LogP contribution is 2.19. The molecule has 0 aliphatic carbocycles. The second kappa shape index (κ2) is 6.08. The highest BCUT2D eigenvalue weighted by molar-refractivity contribution is 5.96. The average Bonchev–Trinajstić information content (AvgIpc) is 2.93. The molecule has 1 aliphatic heterocycles. The number of carbonyl (C=O) groups is 1. The van der Waals surface area contributed by atoms with Gasteiger partial charge < -0.3 is 14.3 Å². The largest absolute Gasteiger partial charge is 0.361 e. The molecule has 0 saturated carbocycles. The van der Waals surface area contributed by atoms with Crippen LogP contribution in [0, 0.1) is 25.2 Å². The van der Waals surface area contributed by atoms with Gasteiger partial charge in [-0.3, -0.25) is 4.79 Å². The molecule has 23 heavy (non-hydrogen) atoms. The molecule has 0 aromatic carbocycles. The summed E-state index contributed by atoms with van der Waals surface area (Å²) < 4.78 is 5.07. The van der Waals surface area contributed by atoms with E-state index < -0.39 is 0 Å². The second-order valence-corrected chi connectivity index (χ2v) is 5.49. The monoisotopic (exact) mass is 311 g/mol. The van der Waals surface area contributed by atoms with Crippen LogP contribution in [0.3, 0.4) is 0 Å². The molecule has 0 spiro atoms. The summed E-state index contributed by atoms with van der Waals surface area (Å²) in [6.45, 7) is 6.08. The predicted molar refractivity (Wildman–Crippen MR) is 83.0 cm³/mol. The molecule has 0 radical (unpaired) electrons. The van der Waals surface area contributed by atoms with Gasteiger partial charge in [-0.15, -0.1) is 0 Å². The van der Waals surface area contributed by atoms with E-state index in [1.165, 1.54) is 0 Å². The van der Waals surface area contributed by atoms with Crippen LogP contribution in [-0.4, -0.2) is 47.1 Å². The van der Waals surface area contributed by atoms with Crippen LogP contribution in [0.1, 0.15) is 27.4 Å². The van der Waals surface area contributed by atoms with Crippen molar-refractivity contribution >= 4 is 11.7 Å². The molecule has 0 N–H and O–H groups in total. The smallest absolute Gasteiger partial charge is 0.259 e. The number of aromatic nitrogens is 2. The Balaban J connectivity index is 1.69. The van der Waals surface area contributed by atoms with Gasteiger partial charge in [-0.1, -0.05) is 5.16 Å². The van der Waals surface area contributed by atoms with Crippen LogP contribution < -0.4 is 4.90 Å². The van der Waals surface area contributed by atoms with Crippen molar-refractivity contribution in [1.82, 2.24) is 15.0 Å². The third-order valence-electron chi connectivity index (χ3n) is 4.01. The molecule has 7 nitrogen and oxygen atoms in total. The van der Waals surface area contributed by atoms with Gasteiger partial charge in [-0.2, -0.15) is 5.26 Å². The summed E-state index contributed by atoms with van der Waals surface area (Å²) in [6.07, 6.45) is 1.63. The summed E-state index contributed by atoms with van der Waals surface area (Å²) in [4.78, 5) is 20.8. The summed E-state index contributed by atoms with van der Waals surface area (Å²) in [7, 11) is 0. The molecule has 1 saturated heterocycles. The maximum Gasteiger partial charge on any atom is 0.259 e. The lowest BCUT2D eigenvalue weighted by molar-refractivity contribution is 0.0744. The van der Waals surface area contributed by atoms with E-state index >= 15 is 0 Å². The highest BCUT2D eigenvalue weighted by atomic mass is 16.5.